The van der Waals surface area contributed by atoms with Crippen LogP contribution in [0.2, 0.25) is 0 Å². The fraction of sp³-hybridized carbons (Fsp3) is 0.0833. The molecule has 0 spiro atoms. The highest BCUT2D eigenvalue weighted by molar-refractivity contribution is 7.92. The van der Waals surface area contributed by atoms with Crippen molar-refractivity contribution >= 4 is 39.3 Å². The van der Waals surface area contributed by atoms with Gasteiger partial charge in [0.25, 0.3) is 5.91 Å². The molecule has 3 rings (SSSR count). The highest BCUT2D eigenvalue weighted by Crippen LogP contribution is 2.15. The predicted octanol–water partition coefficient (Wildman–Crippen LogP) is 4.00. The standard InChI is InChI=1S/C24H22FN3O4S/c25-20-9-5-11-22(17-20)28-24(30)19-8-4-10-21(16-19)27-23(29)12-14-26-33(31,32)15-13-18-6-2-1-3-7-18/h1-11,13,15-17,26H,12,14H2,(H,27,29)(H,28,30)/b15-13+. The van der Waals surface area contributed by atoms with E-state index in [0.717, 1.165) is 11.0 Å². The van der Waals surface area contributed by atoms with Crippen molar-refractivity contribution in [3.05, 3.63) is 101 Å². The van der Waals surface area contributed by atoms with Gasteiger partial charge in [-0.1, -0.05) is 42.5 Å². The van der Waals surface area contributed by atoms with Crippen LogP contribution in [0.1, 0.15) is 22.3 Å². The van der Waals surface area contributed by atoms with Gasteiger partial charge in [-0.05, 0) is 48.0 Å². The molecule has 0 unspecified atom stereocenters. The third-order valence-electron chi connectivity index (χ3n) is 4.39. The lowest BCUT2D eigenvalue weighted by atomic mass is 10.1. The monoisotopic (exact) mass is 467 g/mol. The minimum Gasteiger partial charge on any atom is -0.326 e. The number of carbonyl (C=O) groups excluding carboxylic acids is 2. The molecule has 33 heavy (non-hydrogen) atoms. The summed E-state index contributed by atoms with van der Waals surface area (Å²) >= 11 is 0. The Bertz CT molecular complexity index is 1260. The van der Waals surface area contributed by atoms with Crippen LogP contribution >= 0.6 is 0 Å². The minimum atomic E-state index is -3.69. The molecule has 0 aliphatic rings. The normalized spacial score (nSPS) is 11.3. The van der Waals surface area contributed by atoms with E-state index in [9.17, 15) is 22.4 Å². The van der Waals surface area contributed by atoms with Crippen LogP contribution < -0.4 is 15.4 Å². The highest BCUT2D eigenvalue weighted by atomic mass is 32.2. The van der Waals surface area contributed by atoms with E-state index in [-0.39, 0.29) is 18.5 Å². The topological polar surface area (TPSA) is 104 Å². The van der Waals surface area contributed by atoms with Gasteiger partial charge >= 0.3 is 0 Å². The number of hydrogen-bond donors (Lipinski definition) is 3. The molecule has 0 aliphatic heterocycles. The summed E-state index contributed by atoms with van der Waals surface area (Å²) in [5.41, 5.74) is 1.69. The second-order valence-electron chi connectivity index (χ2n) is 7.00. The molecule has 0 saturated carbocycles. The number of nitrogens with one attached hydrogen (secondary N) is 3. The molecule has 3 aromatic carbocycles. The summed E-state index contributed by atoms with van der Waals surface area (Å²) in [6.45, 7) is -0.0902. The van der Waals surface area contributed by atoms with E-state index in [1.54, 1.807) is 48.5 Å². The number of carbonyl (C=O) groups is 2. The SMILES string of the molecule is O=C(CCNS(=O)(=O)/C=C/c1ccccc1)Nc1cccc(C(=O)Nc2cccc(F)c2)c1. The lowest BCUT2D eigenvalue weighted by molar-refractivity contribution is -0.116. The number of halogens is 1. The van der Waals surface area contributed by atoms with Crippen LogP contribution in [-0.2, 0) is 14.8 Å². The maximum absolute atomic E-state index is 13.3. The number of benzene rings is 3. The number of amides is 2. The number of hydrogen-bond acceptors (Lipinski definition) is 4. The fourth-order valence-electron chi connectivity index (χ4n) is 2.82. The van der Waals surface area contributed by atoms with Gasteiger partial charge in [0.1, 0.15) is 5.82 Å². The van der Waals surface area contributed by atoms with Gasteiger partial charge in [-0.2, -0.15) is 0 Å². The summed E-state index contributed by atoms with van der Waals surface area (Å²) in [5.74, 6) is -1.36. The van der Waals surface area contributed by atoms with Gasteiger partial charge in [0, 0.05) is 35.3 Å². The Balaban J connectivity index is 1.50. The maximum atomic E-state index is 13.3. The summed E-state index contributed by atoms with van der Waals surface area (Å²) in [6, 6.07) is 20.7. The zero-order chi connectivity index (χ0) is 23.7. The Morgan fingerprint density at radius 1 is 0.848 bits per heavy atom. The Hall–Kier alpha value is -3.82. The first-order chi connectivity index (χ1) is 15.8. The Morgan fingerprint density at radius 3 is 2.27 bits per heavy atom. The molecular weight excluding hydrogens is 445 g/mol. The second-order valence-corrected chi connectivity index (χ2v) is 8.65. The summed E-state index contributed by atoms with van der Waals surface area (Å²) in [4.78, 5) is 24.6. The average molecular weight is 468 g/mol. The molecule has 0 aliphatic carbocycles. The van der Waals surface area contributed by atoms with Crippen LogP contribution in [0.3, 0.4) is 0 Å². The first kappa shape index (κ1) is 23.8. The van der Waals surface area contributed by atoms with Crippen molar-refractivity contribution in [2.45, 2.75) is 6.42 Å². The molecule has 7 nitrogen and oxygen atoms in total. The van der Waals surface area contributed by atoms with Crippen molar-refractivity contribution in [3.63, 3.8) is 0 Å². The van der Waals surface area contributed by atoms with Crippen molar-refractivity contribution in [3.8, 4) is 0 Å². The van der Waals surface area contributed by atoms with Gasteiger partial charge in [0.2, 0.25) is 15.9 Å². The van der Waals surface area contributed by atoms with Gasteiger partial charge in [0.05, 0.1) is 0 Å². The molecule has 0 bridgehead atoms. The summed E-state index contributed by atoms with van der Waals surface area (Å²) in [7, 11) is -3.69. The molecule has 0 aromatic heterocycles. The number of sulfonamides is 1. The molecule has 0 saturated heterocycles. The number of rotatable bonds is 9. The first-order valence-corrected chi connectivity index (χ1v) is 11.5. The van der Waals surface area contributed by atoms with Crippen LogP contribution in [0.25, 0.3) is 6.08 Å². The summed E-state index contributed by atoms with van der Waals surface area (Å²) in [5, 5.41) is 6.24. The molecular formula is C24H22FN3O4S. The maximum Gasteiger partial charge on any atom is 0.255 e. The fourth-order valence-corrected chi connectivity index (χ4v) is 3.64. The Kier molecular flexibility index (Phi) is 8.06. The number of anilines is 2. The van der Waals surface area contributed by atoms with E-state index in [2.05, 4.69) is 15.4 Å². The average Bonchev–Trinajstić information content (AvgIpc) is 2.78. The molecule has 3 N–H and O–H groups in total. The second kappa shape index (κ2) is 11.2. The van der Waals surface area contributed by atoms with Crippen LogP contribution in [-0.4, -0.2) is 26.8 Å². The van der Waals surface area contributed by atoms with Crippen molar-refractivity contribution in [2.24, 2.45) is 0 Å². The molecule has 0 heterocycles. The highest BCUT2D eigenvalue weighted by Gasteiger charge is 2.10. The molecule has 0 radical (unpaired) electrons. The van der Waals surface area contributed by atoms with Crippen molar-refractivity contribution < 1.29 is 22.4 Å². The summed E-state index contributed by atoms with van der Waals surface area (Å²) < 4.78 is 39.7. The van der Waals surface area contributed by atoms with Crippen molar-refractivity contribution in [1.29, 1.82) is 0 Å². The largest absolute Gasteiger partial charge is 0.326 e. The summed E-state index contributed by atoms with van der Waals surface area (Å²) in [6.07, 6.45) is 1.36. The van der Waals surface area contributed by atoms with E-state index in [1.807, 2.05) is 6.07 Å². The molecule has 9 heteroatoms. The quantitative estimate of drug-likeness (QED) is 0.442. The van der Waals surface area contributed by atoms with E-state index in [0.29, 0.717) is 11.4 Å². The molecule has 3 aromatic rings. The third-order valence-corrected chi connectivity index (χ3v) is 5.49. The van der Waals surface area contributed by atoms with Gasteiger partial charge in [0.15, 0.2) is 0 Å². The third kappa shape index (κ3) is 7.99. The lowest BCUT2D eigenvalue weighted by Crippen LogP contribution is -2.26. The Labute approximate surface area is 191 Å². The minimum absolute atomic E-state index is 0.0902. The zero-order valence-electron chi connectivity index (χ0n) is 17.5. The van der Waals surface area contributed by atoms with E-state index < -0.39 is 27.7 Å². The molecule has 0 fully saturated rings. The van der Waals surface area contributed by atoms with E-state index in [4.69, 9.17) is 0 Å². The van der Waals surface area contributed by atoms with Gasteiger partial charge in [-0.3, -0.25) is 9.59 Å². The van der Waals surface area contributed by atoms with Gasteiger partial charge in [-0.15, -0.1) is 0 Å². The zero-order valence-corrected chi connectivity index (χ0v) is 18.3. The Morgan fingerprint density at radius 2 is 1.55 bits per heavy atom. The molecule has 170 valence electrons. The lowest BCUT2D eigenvalue weighted by Gasteiger charge is -2.09. The van der Waals surface area contributed by atoms with Gasteiger partial charge < -0.3 is 10.6 Å². The molecule has 2 amide bonds. The first-order valence-electron chi connectivity index (χ1n) is 10.0. The van der Waals surface area contributed by atoms with Crippen molar-refractivity contribution in [1.82, 2.24) is 4.72 Å². The smallest absolute Gasteiger partial charge is 0.255 e. The predicted molar refractivity (Wildman–Crippen MR) is 126 cm³/mol. The van der Waals surface area contributed by atoms with Crippen LogP contribution in [0.5, 0.6) is 0 Å². The van der Waals surface area contributed by atoms with Crippen molar-refractivity contribution in [2.75, 3.05) is 17.2 Å². The molecule has 0 atom stereocenters. The van der Waals surface area contributed by atoms with E-state index >= 15 is 0 Å². The van der Waals surface area contributed by atoms with Gasteiger partial charge in [-0.25, -0.2) is 17.5 Å². The van der Waals surface area contributed by atoms with Crippen LogP contribution in [0, 0.1) is 5.82 Å². The van der Waals surface area contributed by atoms with Crippen LogP contribution in [0.15, 0.2) is 84.3 Å². The van der Waals surface area contributed by atoms with Crippen LogP contribution in [0.4, 0.5) is 15.8 Å². The van der Waals surface area contributed by atoms with E-state index in [1.165, 1.54) is 30.3 Å².